The number of halogens is 3. The van der Waals surface area contributed by atoms with Crippen LogP contribution in [0, 0.1) is 0 Å². The van der Waals surface area contributed by atoms with Crippen molar-refractivity contribution in [2.45, 2.75) is 58.2 Å². The van der Waals surface area contributed by atoms with Crippen LogP contribution in [0.5, 0.6) is 0 Å². The van der Waals surface area contributed by atoms with Crippen LogP contribution < -0.4 is 9.80 Å². The maximum absolute atomic E-state index is 13.1. The molecule has 5 nitrogen and oxygen atoms in total. The van der Waals surface area contributed by atoms with Crippen LogP contribution in [0.3, 0.4) is 0 Å². The van der Waals surface area contributed by atoms with E-state index in [9.17, 15) is 18.3 Å². The van der Waals surface area contributed by atoms with Gasteiger partial charge in [-0.3, -0.25) is 4.90 Å². The molecule has 3 heterocycles. The van der Waals surface area contributed by atoms with Gasteiger partial charge in [0.25, 0.3) is 0 Å². The molecule has 0 spiro atoms. The van der Waals surface area contributed by atoms with E-state index >= 15 is 0 Å². The van der Waals surface area contributed by atoms with Crippen LogP contribution in [0.1, 0.15) is 33.3 Å². The second kappa shape index (κ2) is 6.32. The van der Waals surface area contributed by atoms with Crippen molar-refractivity contribution in [1.29, 1.82) is 0 Å². The van der Waals surface area contributed by atoms with Crippen molar-refractivity contribution in [3.63, 3.8) is 0 Å². The highest BCUT2D eigenvalue weighted by atomic mass is 19.4. The summed E-state index contributed by atoms with van der Waals surface area (Å²) in [6.07, 6.45) is -4.44. The average Bonchev–Trinajstić information content (AvgIpc) is 2.53. The number of hydrogen-bond donors (Lipinski definition) is 1. The van der Waals surface area contributed by atoms with Gasteiger partial charge in [-0.2, -0.15) is 13.2 Å². The normalized spacial score (nSPS) is 24.7. The lowest BCUT2D eigenvalue weighted by Gasteiger charge is -2.53. The molecule has 1 unspecified atom stereocenters. The van der Waals surface area contributed by atoms with Gasteiger partial charge >= 0.3 is 6.18 Å². The van der Waals surface area contributed by atoms with Crippen LogP contribution in [0.2, 0.25) is 0 Å². The number of rotatable bonds is 2. The zero-order chi connectivity index (χ0) is 18.5. The van der Waals surface area contributed by atoms with E-state index in [0.717, 1.165) is 18.8 Å². The van der Waals surface area contributed by atoms with E-state index < -0.39 is 18.0 Å². The van der Waals surface area contributed by atoms with Gasteiger partial charge in [-0.15, -0.1) is 0 Å². The predicted molar refractivity (Wildman–Crippen MR) is 90.7 cm³/mol. The first-order valence-corrected chi connectivity index (χ1v) is 8.65. The van der Waals surface area contributed by atoms with Gasteiger partial charge in [-0.25, -0.2) is 4.98 Å². The van der Waals surface area contributed by atoms with Gasteiger partial charge in [0.15, 0.2) is 5.82 Å². The van der Waals surface area contributed by atoms with Crippen molar-refractivity contribution in [3.8, 4) is 0 Å². The fraction of sp³-hybridized carbons (Fsp3) is 0.706. The number of aromatic nitrogens is 1. The maximum atomic E-state index is 13.1. The number of anilines is 2. The molecule has 0 aromatic carbocycles. The minimum absolute atomic E-state index is 0.143. The van der Waals surface area contributed by atoms with E-state index in [4.69, 9.17) is 0 Å². The number of aliphatic hydroxyl groups excluding tert-OH is 1. The summed E-state index contributed by atoms with van der Waals surface area (Å²) >= 11 is 0. The Bertz CT molecular complexity index is 635. The lowest BCUT2D eigenvalue weighted by Crippen LogP contribution is -2.66. The Morgan fingerprint density at radius 3 is 2.40 bits per heavy atom. The van der Waals surface area contributed by atoms with E-state index in [1.165, 1.54) is 0 Å². The first-order valence-electron chi connectivity index (χ1n) is 8.65. The molecule has 2 aliphatic rings. The third-order valence-corrected chi connectivity index (χ3v) is 5.09. The van der Waals surface area contributed by atoms with Gasteiger partial charge in [0.2, 0.25) is 0 Å². The molecule has 2 atom stereocenters. The molecular weight excluding hydrogens is 333 g/mol. The molecule has 0 radical (unpaired) electrons. The van der Waals surface area contributed by atoms with Gasteiger partial charge in [0.1, 0.15) is 6.23 Å². The lowest BCUT2D eigenvalue weighted by atomic mass is 10.0. The predicted octanol–water partition coefficient (Wildman–Crippen LogP) is 2.55. The zero-order valence-electron chi connectivity index (χ0n) is 15.0. The maximum Gasteiger partial charge on any atom is 0.417 e. The summed E-state index contributed by atoms with van der Waals surface area (Å²) in [5.74, 6) is 0.528. The smallest absolute Gasteiger partial charge is 0.371 e. The van der Waals surface area contributed by atoms with Gasteiger partial charge in [-0.05, 0) is 33.8 Å². The topological polar surface area (TPSA) is 42.8 Å². The van der Waals surface area contributed by atoms with Crippen molar-refractivity contribution >= 4 is 11.5 Å². The minimum atomic E-state index is -4.46. The van der Waals surface area contributed by atoms with E-state index in [2.05, 4.69) is 23.7 Å². The number of aliphatic hydroxyl groups is 1. The Morgan fingerprint density at radius 1 is 1.16 bits per heavy atom. The number of alkyl halides is 3. The summed E-state index contributed by atoms with van der Waals surface area (Å²) in [6.45, 7) is 10.0. The molecule has 0 amide bonds. The van der Waals surface area contributed by atoms with Crippen molar-refractivity contribution in [2.75, 3.05) is 29.4 Å². The largest absolute Gasteiger partial charge is 0.417 e. The number of piperazine rings is 1. The Labute approximate surface area is 146 Å². The number of nitrogens with zero attached hydrogens (tertiary/aromatic N) is 4. The summed E-state index contributed by atoms with van der Waals surface area (Å²) in [5.41, 5.74) is -0.435. The van der Waals surface area contributed by atoms with Crippen LogP contribution in [-0.4, -0.2) is 59.0 Å². The molecule has 1 fully saturated rings. The summed E-state index contributed by atoms with van der Waals surface area (Å²) < 4.78 is 39.3. The average molecular weight is 358 g/mol. The Morgan fingerprint density at radius 2 is 1.84 bits per heavy atom. The van der Waals surface area contributed by atoms with Gasteiger partial charge < -0.3 is 14.9 Å². The van der Waals surface area contributed by atoms with Gasteiger partial charge in [0.05, 0.1) is 17.3 Å². The van der Waals surface area contributed by atoms with E-state index in [0.29, 0.717) is 30.6 Å². The molecule has 3 rings (SSSR count). The molecule has 2 aliphatic heterocycles. The highest BCUT2D eigenvalue weighted by molar-refractivity contribution is 5.72. The monoisotopic (exact) mass is 358 g/mol. The fourth-order valence-corrected chi connectivity index (χ4v) is 3.74. The summed E-state index contributed by atoms with van der Waals surface area (Å²) in [5, 5.41) is 10.9. The Balaban J connectivity index is 2.05. The highest BCUT2D eigenvalue weighted by Gasteiger charge is 2.44. The fourth-order valence-electron chi connectivity index (χ4n) is 3.74. The first kappa shape index (κ1) is 18.3. The van der Waals surface area contributed by atoms with Crippen molar-refractivity contribution in [2.24, 2.45) is 0 Å². The number of hydrogen-bond acceptors (Lipinski definition) is 5. The molecule has 25 heavy (non-hydrogen) atoms. The zero-order valence-corrected chi connectivity index (χ0v) is 15.0. The van der Waals surface area contributed by atoms with Crippen molar-refractivity contribution < 1.29 is 18.3 Å². The Kier molecular flexibility index (Phi) is 4.61. The number of fused-ring (bicyclic) bond motifs is 3. The third kappa shape index (κ3) is 3.17. The lowest BCUT2D eigenvalue weighted by molar-refractivity contribution is -0.137. The molecule has 0 bridgehead atoms. The van der Waals surface area contributed by atoms with Gasteiger partial charge in [-0.1, -0.05) is 0 Å². The van der Waals surface area contributed by atoms with Crippen LogP contribution in [0.25, 0.3) is 0 Å². The van der Waals surface area contributed by atoms with Crippen LogP contribution in [0.15, 0.2) is 12.3 Å². The van der Waals surface area contributed by atoms with E-state index in [1.54, 1.807) is 4.90 Å². The molecular formula is C17H25F3N4O. The van der Waals surface area contributed by atoms with Crippen LogP contribution in [-0.2, 0) is 6.18 Å². The first-order chi connectivity index (χ1) is 11.6. The molecule has 1 aromatic rings. The summed E-state index contributed by atoms with van der Waals surface area (Å²) in [6, 6.07) is 1.10. The molecule has 0 aliphatic carbocycles. The number of pyridine rings is 1. The Hall–Kier alpha value is -1.54. The summed E-state index contributed by atoms with van der Waals surface area (Å²) in [7, 11) is 0. The quantitative estimate of drug-likeness (QED) is 0.880. The molecule has 1 saturated heterocycles. The summed E-state index contributed by atoms with van der Waals surface area (Å²) in [4.78, 5) is 10.0. The molecule has 1 aromatic heterocycles. The second-order valence-electron chi connectivity index (χ2n) is 7.33. The standard InChI is InChI=1S/C17H25F3N4O/c1-10(2)22-5-6-23-14(9-22)16(25)24(11(3)4)13-7-12(17(18,19)20)8-21-15(13)23/h7-8,10-11,14,16,25H,5-6,9H2,1-4H3/t14-,16?/m1/s1. The highest BCUT2D eigenvalue weighted by Crippen LogP contribution is 2.42. The SMILES string of the molecule is CC(C)N1CCN2c3ncc(C(F)(F)F)cc3N(C(C)C)C(O)[C@H]2C1. The van der Waals surface area contributed by atoms with E-state index in [-0.39, 0.29) is 12.1 Å². The van der Waals surface area contributed by atoms with Crippen molar-refractivity contribution in [3.05, 3.63) is 17.8 Å². The molecule has 1 N–H and O–H groups in total. The van der Waals surface area contributed by atoms with Crippen LogP contribution >= 0.6 is 0 Å². The molecule has 140 valence electrons. The van der Waals surface area contributed by atoms with Crippen molar-refractivity contribution in [1.82, 2.24) is 9.88 Å². The third-order valence-electron chi connectivity index (χ3n) is 5.09. The minimum Gasteiger partial charge on any atom is -0.371 e. The van der Waals surface area contributed by atoms with Gasteiger partial charge in [0, 0.05) is 37.9 Å². The molecule has 8 heteroatoms. The van der Waals surface area contributed by atoms with Crippen LogP contribution in [0.4, 0.5) is 24.7 Å². The second-order valence-corrected chi connectivity index (χ2v) is 7.33. The van der Waals surface area contributed by atoms with E-state index in [1.807, 2.05) is 18.7 Å². The molecule has 0 saturated carbocycles.